The van der Waals surface area contributed by atoms with E-state index < -0.39 is 0 Å². The maximum absolute atomic E-state index is 11.3. The zero-order valence-corrected chi connectivity index (χ0v) is 10.4. The number of hydrogen-bond donors (Lipinski definition) is 1. The highest BCUT2D eigenvalue weighted by molar-refractivity contribution is 8.00. The maximum atomic E-state index is 11.3. The number of carbonyl (C=O) groups is 1. The highest BCUT2D eigenvalue weighted by Gasteiger charge is 2.02. The van der Waals surface area contributed by atoms with Gasteiger partial charge in [-0.3, -0.25) is 9.63 Å². The summed E-state index contributed by atoms with van der Waals surface area (Å²) < 4.78 is 0. The Balaban J connectivity index is 2.16. The van der Waals surface area contributed by atoms with E-state index in [4.69, 9.17) is 4.84 Å². The molecule has 0 aromatic heterocycles. The van der Waals surface area contributed by atoms with Gasteiger partial charge in [0.05, 0.1) is 12.4 Å². The molecule has 0 heterocycles. The van der Waals surface area contributed by atoms with Crippen LogP contribution in [0.4, 0.5) is 0 Å². The first kappa shape index (κ1) is 13.1. The van der Waals surface area contributed by atoms with Crippen molar-refractivity contribution in [2.45, 2.75) is 18.7 Å². The molecule has 1 aromatic carbocycles. The average molecular weight is 239 g/mol. The number of amides is 1. The number of hydrogen-bond acceptors (Lipinski definition) is 3. The maximum Gasteiger partial charge on any atom is 0.253 e. The van der Waals surface area contributed by atoms with Gasteiger partial charge in [0.15, 0.2) is 0 Å². The van der Waals surface area contributed by atoms with Gasteiger partial charge in [0.2, 0.25) is 0 Å². The second kappa shape index (κ2) is 7.30. The van der Waals surface area contributed by atoms with Crippen LogP contribution in [-0.4, -0.2) is 18.3 Å². The van der Waals surface area contributed by atoms with Crippen LogP contribution in [0.5, 0.6) is 0 Å². The van der Waals surface area contributed by atoms with Crippen LogP contribution in [0.3, 0.4) is 0 Å². The van der Waals surface area contributed by atoms with Crippen LogP contribution in [0.2, 0.25) is 0 Å². The fraction of sp³-hybridized carbons (Fsp3) is 0.417. The number of hydroxylamine groups is 1. The molecule has 0 aliphatic heterocycles. The zero-order chi connectivity index (χ0) is 11.8. The Hall–Kier alpha value is -1.00. The molecule has 1 aromatic rings. The van der Waals surface area contributed by atoms with Gasteiger partial charge in [-0.05, 0) is 18.1 Å². The summed E-state index contributed by atoms with van der Waals surface area (Å²) in [6, 6.07) is 9.82. The lowest BCUT2D eigenvalue weighted by atomic mass is 10.2. The fourth-order valence-corrected chi connectivity index (χ4v) is 1.69. The molecule has 1 rings (SSSR count). The van der Waals surface area contributed by atoms with E-state index in [1.54, 1.807) is 0 Å². The highest BCUT2D eigenvalue weighted by Crippen LogP contribution is 2.16. The average Bonchev–Trinajstić information content (AvgIpc) is 2.27. The normalized spacial score (nSPS) is 10.4. The van der Waals surface area contributed by atoms with Gasteiger partial charge in [-0.25, -0.2) is 5.48 Å². The van der Waals surface area contributed by atoms with Crippen LogP contribution in [0.25, 0.3) is 0 Å². The van der Waals surface area contributed by atoms with E-state index in [9.17, 15) is 4.79 Å². The molecule has 0 aliphatic carbocycles. The van der Waals surface area contributed by atoms with E-state index in [2.05, 4.69) is 5.48 Å². The first-order chi connectivity index (χ1) is 7.68. The fourth-order valence-electron chi connectivity index (χ4n) is 0.984. The summed E-state index contributed by atoms with van der Waals surface area (Å²) in [4.78, 5) is 17.5. The van der Waals surface area contributed by atoms with Crippen LogP contribution in [-0.2, 0) is 9.63 Å². The van der Waals surface area contributed by atoms with Gasteiger partial charge in [-0.1, -0.05) is 32.0 Å². The summed E-state index contributed by atoms with van der Waals surface area (Å²) in [5.41, 5.74) is 2.42. The van der Waals surface area contributed by atoms with E-state index in [1.165, 1.54) is 11.8 Å². The van der Waals surface area contributed by atoms with Crippen LogP contribution in [0.1, 0.15) is 13.8 Å². The minimum Gasteiger partial charge on any atom is -0.273 e. The van der Waals surface area contributed by atoms with Crippen molar-refractivity contribution in [2.24, 2.45) is 5.92 Å². The van der Waals surface area contributed by atoms with Crippen LogP contribution < -0.4 is 5.48 Å². The van der Waals surface area contributed by atoms with Crippen molar-refractivity contribution in [3.05, 3.63) is 30.3 Å². The van der Waals surface area contributed by atoms with Crippen molar-refractivity contribution in [3.8, 4) is 0 Å². The molecule has 0 fully saturated rings. The third-order valence-corrected chi connectivity index (χ3v) is 2.73. The van der Waals surface area contributed by atoms with Gasteiger partial charge in [0.25, 0.3) is 5.91 Å². The second-order valence-electron chi connectivity index (χ2n) is 3.83. The number of carbonyl (C=O) groups excluding carboxylic acids is 1. The van der Waals surface area contributed by atoms with Crippen LogP contribution >= 0.6 is 11.8 Å². The monoisotopic (exact) mass is 239 g/mol. The minimum absolute atomic E-state index is 0.102. The van der Waals surface area contributed by atoms with E-state index in [1.807, 2.05) is 44.2 Å². The number of thioether (sulfide) groups is 1. The smallest absolute Gasteiger partial charge is 0.253 e. The molecule has 1 N–H and O–H groups in total. The van der Waals surface area contributed by atoms with Gasteiger partial charge in [0, 0.05) is 4.90 Å². The zero-order valence-electron chi connectivity index (χ0n) is 9.60. The summed E-state index contributed by atoms with van der Waals surface area (Å²) in [5, 5.41) is 0. The molecule has 1 amide bonds. The predicted octanol–water partition coefficient (Wildman–Crippen LogP) is 2.48. The van der Waals surface area contributed by atoms with E-state index in [-0.39, 0.29) is 5.91 Å². The van der Waals surface area contributed by atoms with E-state index in [0.717, 1.165) is 4.90 Å². The van der Waals surface area contributed by atoms with Gasteiger partial charge < -0.3 is 0 Å². The Bertz CT molecular complexity index is 314. The quantitative estimate of drug-likeness (QED) is 0.612. The Morgan fingerprint density at radius 2 is 2.06 bits per heavy atom. The molecule has 0 saturated carbocycles. The summed E-state index contributed by atoms with van der Waals surface area (Å²) >= 11 is 1.50. The van der Waals surface area contributed by atoms with Crippen LogP contribution in [0, 0.1) is 5.92 Å². The number of benzene rings is 1. The lowest BCUT2D eigenvalue weighted by Crippen LogP contribution is -2.27. The summed E-state index contributed by atoms with van der Waals surface area (Å²) in [6.45, 7) is 4.61. The molecule has 88 valence electrons. The molecule has 0 atom stereocenters. The first-order valence-electron chi connectivity index (χ1n) is 5.27. The Morgan fingerprint density at radius 1 is 1.38 bits per heavy atom. The molecule has 3 nitrogen and oxygen atoms in total. The van der Waals surface area contributed by atoms with Crippen molar-refractivity contribution in [3.63, 3.8) is 0 Å². The molecule has 0 aliphatic rings. The SMILES string of the molecule is CC(C)CONC(=O)CSc1ccccc1. The summed E-state index contributed by atoms with van der Waals surface area (Å²) in [5.74, 6) is 0.693. The van der Waals surface area contributed by atoms with Gasteiger partial charge in [-0.2, -0.15) is 0 Å². The predicted molar refractivity (Wildman–Crippen MR) is 66.1 cm³/mol. The summed E-state index contributed by atoms with van der Waals surface area (Å²) in [7, 11) is 0. The third kappa shape index (κ3) is 5.78. The van der Waals surface area contributed by atoms with Crippen molar-refractivity contribution < 1.29 is 9.63 Å². The Labute approximate surface area is 101 Å². The molecule has 4 heteroatoms. The molecule has 16 heavy (non-hydrogen) atoms. The highest BCUT2D eigenvalue weighted by atomic mass is 32.2. The second-order valence-corrected chi connectivity index (χ2v) is 4.88. The molecule has 0 spiro atoms. The van der Waals surface area contributed by atoms with Gasteiger partial charge in [0.1, 0.15) is 0 Å². The largest absolute Gasteiger partial charge is 0.273 e. The van der Waals surface area contributed by atoms with Gasteiger partial charge in [-0.15, -0.1) is 11.8 Å². The van der Waals surface area contributed by atoms with Gasteiger partial charge >= 0.3 is 0 Å². The van der Waals surface area contributed by atoms with E-state index in [0.29, 0.717) is 18.3 Å². The molecule has 0 saturated heterocycles. The van der Waals surface area contributed by atoms with Crippen molar-refractivity contribution >= 4 is 17.7 Å². The Morgan fingerprint density at radius 3 is 2.69 bits per heavy atom. The third-order valence-electron chi connectivity index (χ3n) is 1.72. The minimum atomic E-state index is -0.102. The number of nitrogens with one attached hydrogen (secondary N) is 1. The van der Waals surface area contributed by atoms with E-state index >= 15 is 0 Å². The Kier molecular flexibility index (Phi) is 5.96. The topological polar surface area (TPSA) is 38.3 Å². The molecular formula is C12H17NO2S. The van der Waals surface area contributed by atoms with Crippen molar-refractivity contribution in [1.29, 1.82) is 0 Å². The lowest BCUT2D eigenvalue weighted by Gasteiger charge is -2.07. The number of rotatable bonds is 6. The summed E-state index contributed by atoms with van der Waals surface area (Å²) in [6.07, 6.45) is 0. The molecule has 0 radical (unpaired) electrons. The lowest BCUT2D eigenvalue weighted by molar-refractivity contribution is -0.131. The molecule has 0 unspecified atom stereocenters. The molecular weight excluding hydrogens is 222 g/mol. The first-order valence-corrected chi connectivity index (χ1v) is 6.25. The van der Waals surface area contributed by atoms with Crippen LogP contribution in [0.15, 0.2) is 35.2 Å². The van der Waals surface area contributed by atoms with Crippen molar-refractivity contribution in [1.82, 2.24) is 5.48 Å². The molecule has 0 bridgehead atoms. The van der Waals surface area contributed by atoms with Crippen molar-refractivity contribution in [2.75, 3.05) is 12.4 Å². The standard InChI is InChI=1S/C12H17NO2S/c1-10(2)8-15-13-12(14)9-16-11-6-4-3-5-7-11/h3-7,10H,8-9H2,1-2H3,(H,13,14).